The topological polar surface area (TPSA) is 108 Å². The van der Waals surface area contributed by atoms with Crippen LogP contribution in [-0.2, 0) is 9.47 Å². The van der Waals surface area contributed by atoms with E-state index in [1.807, 2.05) is 0 Å². The van der Waals surface area contributed by atoms with Crippen molar-refractivity contribution >= 4 is 11.9 Å². The molecule has 1 heterocycles. The fourth-order valence-corrected chi connectivity index (χ4v) is 3.38. The van der Waals surface area contributed by atoms with Gasteiger partial charge in [-0.2, -0.15) is 0 Å². The maximum Gasteiger partial charge on any atom is 0.338 e. The van der Waals surface area contributed by atoms with Crippen molar-refractivity contribution in [3.05, 3.63) is 23.3 Å². The highest BCUT2D eigenvalue weighted by Crippen LogP contribution is 2.55. The Morgan fingerprint density at radius 3 is 1.71 bits per heavy atom. The molecule has 0 bridgehead atoms. The molecule has 166 valence electrons. The molecule has 3 rings (SSSR count). The first-order valence-corrected chi connectivity index (χ1v) is 8.97. The summed E-state index contributed by atoms with van der Waals surface area (Å²) in [6.07, 6.45) is 0. The Bertz CT molecular complexity index is 1030. The second-order valence-corrected chi connectivity index (χ2v) is 6.12. The zero-order valence-electron chi connectivity index (χ0n) is 17.9. The molecule has 0 N–H and O–H groups in total. The van der Waals surface area contributed by atoms with Crippen LogP contribution in [0, 0.1) is 0 Å². The van der Waals surface area contributed by atoms with Crippen LogP contribution in [0.4, 0.5) is 0 Å². The molecule has 31 heavy (non-hydrogen) atoms. The smallest absolute Gasteiger partial charge is 0.338 e. The zero-order chi connectivity index (χ0) is 22.7. The van der Waals surface area contributed by atoms with Gasteiger partial charge >= 0.3 is 11.9 Å². The van der Waals surface area contributed by atoms with E-state index in [2.05, 4.69) is 0 Å². The van der Waals surface area contributed by atoms with Crippen molar-refractivity contribution in [3.63, 3.8) is 0 Å². The predicted octanol–water partition coefficient (Wildman–Crippen LogP) is 2.69. The van der Waals surface area contributed by atoms with Gasteiger partial charge in [0.15, 0.2) is 23.0 Å². The molecule has 1 aliphatic heterocycles. The number of carbonyl (C=O) groups is 2. The minimum atomic E-state index is -0.700. The van der Waals surface area contributed by atoms with E-state index in [9.17, 15) is 9.59 Å². The number of carbonyl (C=O) groups excluding carboxylic acids is 2. The maximum absolute atomic E-state index is 12.7. The molecule has 10 nitrogen and oxygen atoms in total. The molecule has 0 saturated carbocycles. The maximum atomic E-state index is 12.7. The van der Waals surface area contributed by atoms with Gasteiger partial charge in [0.05, 0.1) is 53.8 Å². The number of ether oxygens (including phenoxy) is 8. The number of rotatable bonds is 7. The van der Waals surface area contributed by atoms with Crippen molar-refractivity contribution in [1.29, 1.82) is 0 Å². The summed E-state index contributed by atoms with van der Waals surface area (Å²) < 4.78 is 42.9. The van der Waals surface area contributed by atoms with Gasteiger partial charge in [-0.3, -0.25) is 0 Å². The summed E-state index contributed by atoms with van der Waals surface area (Å²) >= 11 is 0. The highest BCUT2D eigenvalue weighted by Gasteiger charge is 2.36. The van der Waals surface area contributed by atoms with Crippen LogP contribution in [0.1, 0.15) is 20.7 Å². The Morgan fingerprint density at radius 1 is 0.677 bits per heavy atom. The van der Waals surface area contributed by atoms with Crippen LogP contribution in [0.25, 0.3) is 11.1 Å². The number of hydrogen-bond acceptors (Lipinski definition) is 10. The van der Waals surface area contributed by atoms with E-state index in [0.29, 0.717) is 0 Å². The minimum Gasteiger partial charge on any atom is -0.493 e. The summed E-state index contributed by atoms with van der Waals surface area (Å²) in [7, 11) is 8.11. The lowest BCUT2D eigenvalue weighted by atomic mass is 9.91. The average Bonchev–Trinajstić information content (AvgIpc) is 3.30. The lowest BCUT2D eigenvalue weighted by molar-refractivity contribution is 0.0589. The van der Waals surface area contributed by atoms with Gasteiger partial charge in [0, 0.05) is 11.1 Å². The second kappa shape index (κ2) is 8.90. The molecule has 10 heteroatoms. The van der Waals surface area contributed by atoms with Crippen LogP contribution >= 0.6 is 0 Å². The van der Waals surface area contributed by atoms with Crippen molar-refractivity contribution in [2.45, 2.75) is 0 Å². The highest BCUT2D eigenvalue weighted by molar-refractivity contribution is 6.08. The van der Waals surface area contributed by atoms with E-state index < -0.39 is 11.9 Å². The molecule has 1 aliphatic rings. The van der Waals surface area contributed by atoms with Crippen LogP contribution in [0.5, 0.6) is 34.5 Å². The molecule has 0 saturated heterocycles. The molecular formula is C21H22O10. The van der Waals surface area contributed by atoms with E-state index in [1.54, 1.807) is 0 Å². The van der Waals surface area contributed by atoms with Gasteiger partial charge in [0.2, 0.25) is 18.3 Å². The van der Waals surface area contributed by atoms with Gasteiger partial charge in [0.25, 0.3) is 0 Å². The van der Waals surface area contributed by atoms with E-state index >= 15 is 0 Å². The summed E-state index contributed by atoms with van der Waals surface area (Å²) in [6, 6.07) is 2.86. The summed E-state index contributed by atoms with van der Waals surface area (Å²) in [5.74, 6) is -0.149. The molecule has 0 unspecified atom stereocenters. The first kappa shape index (κ1) is 21.9. The van der Waals surface area contributed by atoms with Gasteiger partial charge in [-0.25, -0.2) is 9.59 Å². The van der Waals surface area contributed by atoms with Crippen molar-refractivity contribution < 1.29 is 47.5 Å². The summed E-state index contributed by atoms with van der Waals surface area (Å²) in [4.78, 5) is 25.4. The van der Waals surface area contributed by atoms with Crippen LogP contribution in [-0.4, -0.2) is 61.4 Å². The Kier molecular flexibility index (Phi) is 6.28. The third-order valence-electron chi connectivity index (χ3n) is 4.72. The van der Waals surface area contributed by atoms with Crippen LogP contribution in [0.15, 0.2) is 12.1 Å². The fraction of sp³-hybridized carbons (Fsp3) is 0.333. The van der Waals surface area contributed by atoms with Crippen LogP contribution in [0.2, 0.25) is 0 Å². The highest BCUT2D eigenvalue weighted by atomic mass is 16.7. The number of esters is 2. The van der Waals surface area contributed by atoms with E-state index in [0.717, 1.165) is 0 Å². The molecule has 2 aromatic carbocycles. The first-order chi connectivity index (χ1) is 15.0. The summed E-state index contributed by atoms with van der Waals surface area (Å²) in [5.41, 5.74) is 0.472. The minimum absolute atomic E-state index is 0.0463. The molecule has 0 fully saturated rings. The molecule has 0 radical (unpaired) electrons. The molecule has 2 aromatic rings. The summed E-state index contributed by atoms with van der Waals surface area (Å²) in [6.45, 7) is -0.119. The average molecular weight is 434 g/mol. The van der Waals surface area contributed by atoms with Gasteiger partial charge in [-0.15, -0.1) is 0 Å². The normalized spacial score (nSPS) is 11.5. The van der Waals surface area contributed by atoms with E-state index in [1.165, 1.54) is 54.8 Å². The third kappa shape index (κ3) is 3.49. The Labute approximate surface area is 178 Å². The Balaban J connectivity index is 2.54. The quantitative estimate of drug-likeness (QED) is 0.604. The number of methoxy groups -OCH3 is 6. The third-order valence-corrected chi connectivity index (χ3v) is 4.72. The molecule has 0 spiro atoms. The monoisotopic (exact) mass is 434 g/mol. The molecule has 0 aliphatic carbocycles. The number of hydrogen-bond donors (Lipinski definition) is 0. The number of fused-ring (bicyclic) bond motifs is 1. The second-order valence-electron chi connectivity index (χ2n) is 6.12. The predicted molar refractivity (Wildman–Crippen MR) is 107 cm³/mol. The molecule has 0 amide bonds. The van der Waals surface area contributed by atoms with Gasteiger partial charge in [0.1, 0.15) is 0 Å². The molecule has 0 aromatic heterocycles. The lowest BCUT2D eigenvalue weighted by Crippen LogP contribution is -2.11. The SMILES string of the molecule is COC(=O)c1cc(OC)c(OC)c(OC)c1-c1c(C(=O)OC)cc(OC)c2c1OCO2. The molecular weight excluding hydrogens is 412 g/mol. The Hall–Kier alpha value is -3.82. The van der Waals surface area contributed by atoms with Crippen molar-refractivity contribution in [1.82, 2.24) is 0 Å². The lowest BCUT2D eigenvalue weighted by Gasteiger charge is -2.21. The number of benzene rings is 2. The van der Waals surface area contributed by atoms with E-state index in [-0.39, 0.29) is 63.5 Å². The Morgan fingerprint density at radius 2 is 1.19 bits per heavy atom. The van der Waals surface area contributed by atoms with Gasteiger partial charge in [-0.1, -0.05) is 0 Å². The van der Waals surface area contributed by atoms with Crippen molar-refractivity contribution in [2.75, 3.05) is 49.5 Å². The fourth-order valence-electron chi connectivity index (χ4n) is 3.38. The standard InChI is InChI=1S/C21H22O10/c1-24-12-7-10(20(22)28-5)14(18(27-4)16(12)26-3)15-11(21(23)29-6)8-13(25-2)17-19(15)31-9-30-17/h7-8H,9H2,1-6H3. The van der Waals surface area contributed by atoms with Gasteiger partial charge in [-0.05, 0) is 12.1 Å². The van der Waals surface area contributed by atoms with Crippen molar-refractivity contribution in [2.24, 2.45) is 0 Å². The zero-order valence-corrected chi connectivity index (χ0v) is 17.9. The van der Waals surface area contributed by atoms with Gasteiger partial charge < -0.3 is 37.9 Å². The molecule has 0 atom stereocenters. The van der Waals surface area contributed by atoms with E-state index in [4.69, 9.17) is 37.9 Å². The summed E-state index contributed by atoms with van der Waals surface area (Å²) in [5, 5.41) is 0. The first-order valence-electron chi connectivity index (χ1n) is 8.97. The van der Waals surface area contributed by atoms with Crippen molar-refractivity contribution in [3.8, 4) is 45.6 Å². The van der Waals surface area contributed by atoms with Crippen LogP contribution in [0.3, 0.4) is 0 Å². The largest absolute Gasteiger partial charge is 0.493 e. The van der Waals surface area contributed by atoms with Crippen LogP contribution < -0.4 is 28.4 Å².